The van der Waals surface area contributed by atoms with E-state index in [1.54, 1.807) is 0 Å². The summed E-state index contributed by atoms with van der Waals surface area (Å²) in [6.07, 6.45) is 2.22. The zero-order valence-corrected chi connectivity index (χ0v) is 10.8. The van der Waals surface area contributed by atoms with Crippen LogP contribution in [0.15, 0.2) is 36.7 Å². The van der Waals surface area contributed by atoms with Crippen molar-refractivity contribution in [1.82, 2.24) is 4.98 Å². The molecule has 0 radical (unpaired) electrons. The minimum absolute atomic E-state index is 0.171. The van der Waals surface area contributed by atoms with Crippen molar-refractivity contribution >= 4 is 29.1 Å². The minimum Gasteiger partial charge on any atom is -0.366 e. The van der Waals surface area contributed by atoms with Crippen LogP contribution in [-0.4, -0.2) is 16.8 Å². The summed E-state index contributed by atoms with van der Waals surface area (Å²) in [5.41, 5.74) is 5.31. The molecule has 20 heavy (non-hydrogen) atoms. The van der Waals surface area contributed by atoms with Crippen LogP contribution < -0.4 is 11.1 Å². The standard InChI is InChI=1S/C13H9ClFN3O2/c14-9-2-1-7(12(16)19)5-11(9)18-13(20)8-3-4-17-6-10(8)15/h1-6H,(H2,16,19)(H,18,20). The van der Waals surface area contributed by atoms with Gasteiger partial charge in [-0.1, -0.05) is 11.6 Å². The van der Waals surface area contributed by atoms with E-state index in [2.05, 4.69) is 10.3 Å². The summed E-state index contributed by atoms with van der Waals surface area (Å²) in [6, 6.07) is 5.39. The van der Waals surface area contributed by atoms with Gasteiger partial charge in [-0.05, 0) is 24.3 Å². The van der Waals surface area contributed by atoms with E-state index in [0.717, 1.165) is 6.20 Å². The molecule has 3 N–H and O–H groups in total. The maximum absolute atomic E-state index is 13.4. The van der Waals surface area contributed by atoms with Gasteiger partial charge in [0.25, 0.3) is 5.91 Å². The number of aromatic nitrogens is 1. The van der Waals surface area contributed by atoms with Gasteiger partial charge in [0.2, 0.25) is 5.91 Å². The Kier molecular flexibility index (Phi) is 3.95. The van der Waals surface area contributed by atoms with Gasteiger partial charge in [-0.2, -0.15) is 0 Å². The first-order chi connectivity index (χ1) is 9.49. The number of nitrogens with one attached hydrogen (secondary N) is 1. The lowest BCUT2D eigenvalue weighted by Crippen LogP contribution is -2.16. The van der Waals surface area contributed by atoms with E-state index in [4.69, 9.17) is 17.3 Å². The van der Waals surface area contributed by atoms with Crippen LogP contribution in [-0.2, 0) is 0 Å². The van der Waals surface area contributed by atoms with Crippen LogP contribution in [0.4, 0.5) is 10.1 Å². The molecule has 0 bridgehead atoms. The van der Waals surface area contributed by atoms with Crippen LogP contribution in [0, 0.1) is 5.82 Å². The Bertz CT molecular complexity index is 691. The van der Waals surface area contributed by atoms with Crippen molar-refractivity contribution in [3.63, 3.8) is 0 Å². The maximum Gasteiger partial charge on any atom is 0.258 e. The highest BCUT2D eigenvalue weighted by atomic mass is 35.5. The molecular formula is C13H9ClFN3O2. The van der Waals surface area contributed by atoms with Crippen LogP contribution in [0.5, 0.6) is 0 Å². The molecule has 0 aliphatic rings. The summed E-state index contributed by atoms with van der Waals surface area (Å²) in [4.78, 5) is 26.5. The average Bonchev–Trinajstić information content (AvgIpc) is 2.41. The summed E-state index contributed by atoms with van der Waals surface area (Å²) < 4.78 is 13.4. The third-order valence-corrected chi connectivity index (χ3v) is 2.85. The molecule has 0 aliphatic heterocycles. The topological polar surface area (TPSA) is 85.1 Å². The molecule has 2 aromatic rings. The van der Waals surface area contributed by atoms with Crippen LogP contribution in [0.1, 0.15) is 20.7 Å². The number of halogens is 2. The van der Waals surface area contributed by atoms with Gasteiger partial charge in [-0.25, -0.2) is 4.39 Å². The van der Waals surface area contributed by atoms with Crippen LogP contribution >= 0.6 is 11.6 Å². The second-order valence-corrected chi connectivity index (χ2v) is 4.28. The monoisotopic (exact) mass is 293 g/mol. The molecule has 2 amide bonds. The van der Waals surface area contributed by atoms with E-state index in [1.165, 1.54) is 30.5 Å². The van der Waals surface area contributed by atoms with Crippen molar-refractivity contribution in [3.8, 4) is 0 Å². The molecule has 102 valence electrons. The highest BCUT2D eigenvalue weighted by Gasteiger charge is 2.14. The Labute approximate surface area is 118 Å². The lowest BCUT2D eigenvalue weighted by molar-refractivity contribution is 0.0995. The van der Waals surface area contributed by atoms with E-state index in [1.807, 2.05) is 0 Å². The number of rotatable bonds is 3. The average molecular weight is 294 g/mol. The van der Waals surface area contributed by atoms with Gasteiger partial charge >= 0.3 is 0 Å². The molecule has 0 spiro atoms. The summed E-state index contributed by atoms with van der Waals surface area (Å²) in [5, 5.41) is 2.62. The smallest absolute Gasteiger partial charge is 0.258 e. The number of nitrogens with two attached hydrogens (primary N) is 1. The number of benzene rings is 1. The zero-order valence-electron chi connectivity index (χ0n) is 10.1. The molecule has 5 nitrogen and oxygen atoms in total. The van der Waals surface area contributed by atoms with Gasteiger partial charge in [0.05, 0.1) is 22.5 Å². The molecule has 0 atom stereocenters. The quantitative estimate of drug-likeness (QED) is 0.910. The van der Waals surface area contributed by atoms with E-state index in [9.17, 15) is 14.0 Å². The van der Waals surface area contributed by atoms with E-state index in [-0.39, 0.29) is 21.8 Å². The normalized spacial score (nSPS) is 10.1. The molecule has 0 saturated carbocycles. The lowest BCUT2D eigenvalue weighted by atomic mass is 10.1. The minimum atomic E-state index is -0.757. The van der Waals surface area contributed by atoms with Gasteiger partial charge in [0.15, 0.2) is 5.82 Å². The Morgan fingerprint density at radius 3 is 2.70 bits per heavy atom. The number of carbonyl (C=O) groups is 2. The third-order valence-electron chi connectivity index (χ3n) is 2.52. The number of anilines is 1. The Hall–Kier alpha value is -2.47. The molecule has 0 unspecified atom stereocenters. The fourth-order valence-corrected chi connectivity index (χ4v) is 1.69. The van der Waals surface area contributed by atoms with Crippen molar-refractivity contribution in [2.75, 3.05) is 5.32 Å². The maximum atomic E-state index is 13.4. The van der Waals surface area contributed by atoms with Gasteiger partial charge < -0.3 is 11.1 Å². The molecule has 1 heterocycles. The zero-order chi connectivity index (χ0) is 14.7. The van der Waals surface area contributed by atoms with Crippen molar-refractivity contribution in [3.05, 3.63) is 58.6 Å². The Morgan fingerprint density at radius 1 is 1.30 bits per heavy atom. The first-order valence-corrected chi connectivity index (χ1v) is 5.87. The molecular weight excluding hydrogens is 285 g/mol. The number of nitrogens with zero attached hydrogens (tertiary/aromatic N) is 1. The fraction of sp³-hybridized carbons (Fsp3) is 0. The third kappa shape index (κ3) is 2.92. The number of hydrogen-bond acceptors (Lipinski definition) is 3. The number of carbonyl (C=O) groups excluding carboxylic acids is 2. The number of pyridine rings is 1. The number of amides is 2. The molecule has 7 heteroatoms. The highest BCUT2D eigenvalue weighted by molar-refractivity contribution is 6.34. The molecule has 0 aliphatic carbocycles. The highest BCUT2D eigenvalue weighted by Crippen LogP contribution is 2.23. The van der Waals surface area contributed by atoms with Gasteiger partial charge in [-0.15, -0.1) is 0 Å². The Balaban J connectivity index is 2.30. The van der Waals surface area contributed by atoms with Gasteiger partial charge in [0.1, 0.15) is 0 Å². The lowest BCUT2D eigenvalue weighted by Gasteiger charge is -2.08. The summed E-state index contributed by atoms with van der Waals surface area (Å²) in [6.45, 7) is 0. The Morgan fingerprint density at radius 2 is 2.05 bits per heavy atom. The van der Waals surface area contributed by atoms with E-state index >= 15 is 0 Å². The predicted octanol–water partition coefficient (Wildman–Crippen LogP) is 2.23. The van der Waals surface area contributed by atoms with E-state index < -0.39 is 17.6 Å². The van der Waals surface area contributed by atoms with Crippen LogP contribution in [0.2, 0.25) is 5.02 Å². The second-order valence-electron chi connectivity index (χ2n) is 3.87. The predicted molar refractivity (Wildman–Crippen MR) is 72.1 cm³/mol. The van der Waals surface area contributed by atoms with E-state index in [0.29, 0.717) is 0 Å². The summed E-state index contributed by atoms with van der Waals surface area (Å²) >= 11 is 5.90. The van der Waals surface area contributed by atoms with Crippen molar-refractivity contribution < 1.29 is 14.0 Å². The number of primary amides is 1. The molecule has 1 aromatic carbocycles. The summed E-state index contributed by atoms with van der Waals surface area (Å²) in [5.74, 6) is -2.12. The molecule has 2 rings (SSSR count). The summed E-state index contributed by atoms with van der Waals surface area (Å²) in [7, 11) is 0. The molecule has 1 aromatic heterocycles. The first kappa shape index (κ1) is 14.0. The largest absolute Gasteiger partial charge is 0.366 e. The second kappa shape index (κ2) is 5.66. The van der Waals surface area contributed by atoms with Gasteiger partial charge in [0, 0.05) is 11.8 Å². The van der Waals surface area contributed by atoms with Crippen molar-refractivity contribution in [2.24, 2.45) is 5.73 Å². The fourth-order valence-electron chi connectivity index (χ4n) is 1.52. The first-order valence-electron chi connectivity index (χ1n) is 5.49. The van der Waals surface area contributed by atoms with Crippen molar-refractivity contribution in [1.29, 1.82) is 0 Å². The SMILES string of the molecule is NC(=O)c1ccc(Cl)c(NC(=O)c2ccncc2F)c1. The molecule has 0 fully saturated rings. The van der Waals surface area contributed by atoms with Crippen LogP contribution in [0.3, 0.4) is 0 Å². The molecule has 0 saturated heterocycles. The van der Waals surface area contributed by atoms with Gasteiger partial charge in [-0.3, -0.25) is 14.6 Å². The number of hydrogen-bond donors (Lipinski definition) is 2. The van der Waals surface area contributed by atoms with Crippen LogP contribution in [0.25, 0.3) is 0 Å². The van der Waals surface area contributed by atoms with Crippen molar-refractivity contribution in [2.45, 2.75) is 0 Å².